The molecule has 5 nitrogen and oxygen atoms in total. The van der Waals surface area contributed by atoms with E-state index in [0.29, 0.717) is 14.5 Å². The fourth-order valence-corrected chi connectivity index (χ4v) is 5.62. The highest BCUT2D eigenvalue weighted by Gasteiger charge is 2.41. The molecule has 32 heavy (non-hydrogen) atoms. The summed E-state index contributed by atoms with van der Waals surface area (Å²) in [5.41, 5.74) is -1.04. The monoisotopic (exact) mass is 575 g/mol. The number of esters is 1. The number of carbonyl (C=O) groups excluding carboxylic acids is 1. The van der Waals surface area contributed by atoms with Gasteiger partial charge in [0.1, 0.15) is 11.4 Å². The quantitative estimate of drug-likeness (QED) is 0.256. The molecule has 1 heterocycles. The standard InChI is InChI=1S/C24H35FINO4Si/c1-10-30-20(29)15-13-27(18-12-16(25)17(26)11-14(18)19(15)28)21(22(2,3)4)24(8,9)31-32-23(5,6)7/h11-13,21H,10,32H2,1-9H3/t21-/m0/s1. The number of halogens is 2. The van der Waals surface area contributed by atoms with Crippen molar-refractivity contribution in [3.63, 3.8) is 0 Å². The van der Waals surface area contributed by atoms with Gasteiger partial charge in [0.25, 0.3) is 0 Å². The summed E-state index contributed by atoms with van der Waals surface area (Å²) in [7, 11) is -0.909. The van der Waals surface area contributed by atoms with Crippen LogP contribution in [0.25, 0.3) is 10.9 Å². The maximum Gasteiger partial charge on any atom is 0.343 e. The molecule has 0 radical (unpaired) electrons. The fourth-order valence-electron chi connectivity index (χ4n) is 4.19. The first kappa shape index (κ1) is 27.0. The number of hydrogen-bond donors (Lipinski definition) is 0. The van der Waals surface area contributed by atoms with Crippen molar-refractivity contribution in [2.24, 2.45) is 5.41 Å². The van der Waals surface area contributed by atoms with Crippen molar-refractivity contribution in [3.8, 4) is 0 Å². The minimum absolute atomic E-state index is 0.0557. The molecule has 178 valence electrons. The van der Waals surface area contributed by atoms with Crippen molar-refractivity contribution in [1.82, 2.24) is 4.57 Å². The van der Waals surface area contributed by atoms with Crippen LogP contribution >= 0.6 is 22.6 Å². The normalized spacial score (nSPS) is 14.3. The van der Waals surface area contributed by atoms with Gasteiger partial charge >= 0.3 is 5.97 Å². The smallest absolute Gasteiger partial charge is 0.343 e. The Morgan fingerprint density at radius 3 is 2.25 bits per heavy atom. The van der Waals surface area contributed by atoms with Crippen molar-refractivity contribution in [3.05, 3.63) is 43.5 Å². The van der Waals surface area contributed by atoms with E-state index >= 15 is 0 Å². The Kier molecular flexibility index (Phi) is 8.04. The maximum absolute atomic E-state index is 14.7. The van der Waals surface area contributed by atoms with Gasteiger partial charge in [-0.2, -0.15) is 0 Å². The van der Waals surface area contributed by atoms with Gasteiger partial charge in [-0.1, -0.05) is 41.5 Å². The van der Waals surface area contributed by atoms with Crippen molar-refractivity contribution >= 4 is 49.2 Å². The second-order valence-corrected chi connectivity index (χ2v) is 14.9. The summed E-state index contributed by atoms with van der Waals surface area (Å²) in [5, 5.41) is 0.378. The van der Waals surface area contributed by atoms with Crippen LogP contribution in [0.5, 0.6) is 0 Å². The first-order valence-corrected chi connectivity index (χ1v) is 13.2. The second kappa shape index (κ2) is 9.54. The Hall–Kier alpha value is -1.26. The molecular formula is C24H35FINO4Si. The number of pyridine rings is 1. The van der Waals surface area contributed by atoms with Crippen LogP contribution in [0.3, 0.4) is 0 Å². The van der Waals surface area contributed by atoms with Crippen LogP contribution in [-0.2, 0) is 9.16 Å². The van der Waals surface area contributed by atoms with E-state index in [-0.39, 0.29) is 28.7 Å². The van der Waals surface area contributed by atoms with Crippen molar-refractivity contribution in [2.75, 3.05) is 6.61 Å². The number of hydrogen-bond acceptors (Lipinski definition) is 4. The zero-order valence-electron chi connectivity index (χ0n) is 20.6. The summed E-state index contributed by atoms with van der Waals surface area (Å²) in [5.74, 6) is -1.09. The Morgan fingerprint density at radius 2 is 1.75 bits per heavy atom. The van der Waals surface area contributed by atoms with Crippen LogP contribution in [0.15, 0.2) is 23.1 Å². The molecule has 2 aromatic rings. The van der Waals surface area contributed by atoms with E-state index in [4.69, 9.17) is 9.16 Å². The van der Waals surface area contributed by atoms with Gasteiger partial charge in [-0.15, -0.1) is 0 Å². The van der Waals surface area contributed by atoms with Gasteiger partial charge in [0, 0.05) is 15.2 Å². The largest absolute Gasteiger partial charge is 0.462 e. The third kappa shape index (κ3) is 5.99. The van der Waals surface area contributed by atoms with Crippen LogP contribution in [0.4, 0.5) is 4.39 Å². The molecule has 1 atom stereocenters. The van der Waals surface area contributed by atoms with Crippen LogP contribution in [0, 0.1) is 14.8 Å². The number of ether oxygens (including phenoxy) is 1. The van der Waals surface area contributed by atoms with Crippen LogP contribution in [-0.4, -0.2) is 32.5 Å². The van der Waals surface area contributed by atoms with Gasteiger partial charge < -0.3 is 13.7 Å². The van der Waals surface area contributed by atoms with Gasteiger partial charge in [-0.3, -0.25) is 4.79 Å². The highest BCUT2D eigenvalue weighted by atomic mass is 127. The Balaban J connectivity index is 2.89. The van der Waals surface area contributed by atoms with Crippen molar-refractivity contribution < 1.29 is 18.3 Å². The molecule has 0 amide bonds. The molecule has 2 rings (SSSR count). The summed E-state index contributed by atoms with van der Waals surface area (Å²) >= 11 is 1.86. The molecule has 0 unspecified atom stereocenters. The van der Waals surface area contributed by atoms with Crippen molar-refractivity contribution in [2.45, 2.75) is 79.0 Å². The van der Waals surface area contributed by atoms with Gasteiger partial charge in [0.05, 0.1) is 23.8 Å². The topological polar surface area (TPSA) is 57.5 Å². The second-order valence-electron chi connectivity index (χ2n) is 11.0. The minimum atomic E-state index is -0.909. The molecule has 0 saturated carbocycles. The summed E-state index contributed by atoms with van der Waals surface area (Å²) in [6.07, 6.45) is 1.52. The number of rotatable bonds is 6. The molecule has 1 aromatic heterocycles. The minimum Gasteiger partial charge on any atom is -0.462 e. The van der Waals surface area contributed by atoms with Gasteiger partial charge in [0.2, 0.25) is 5.43 Å². The number of nitrogens with zero attached hydrogens (tertiary/aromatic N) is 1. The Labute approximate surface area is 206 Å². The molecule has 0 saturated heterocycles. The zero-order chi connectivity index (χ0) is 24.6. The molecular weight excluding hydrogens is 540 g/mol. The summed E-state index contributed by atoms with van der Waals surface area (Å²) < 4.78 is 28.5. The van der Waals surface area contributed by atoms with E-state index in [2.05, 4.69) is 41.5 Å². The third-order valence-electron chi connectivity index (χ3n) is 5.20. The fraction of sp³-hybridized carbons (Fsp3) is 0.583. The lowest BCUT2D eigenvalue weighted by atomic mass is 9.77. The Morgan fingerprint density at radius 1 is 1.16 bits per heavy atom. The van der Waals surface area contributed by atoms with Gasteiger partial charge in [-0.05, 0) is 65.9 Å². The average molecular weight is 576 g/mol. The molecule has 0 N–H and O–H groups in total. The highest BCUT2D eigenvalue weighted by molar-refractivity contribution is 14.1. The zero-order valence-corrected chi connectivity index (χ0v) is 24.1. The maximum atomic E-state index is 14.7. The molecule has 0 fully saturated rings. The van der Waals surface area contributed by atoms with E-state index < -0.39 is 32.6 Å². The molecule has 0 aliphatic carbocycles. The number of benzene rings is 1. The number of aromatic nitrogens is 1. The Bertz CT molecular complexity index is 1070. The van der Waals surface area contributed by atoms with E-state index in [9.17, 15) is 14.0 Å². The average Bonchev–Trinajstić information content (AvgIpc) is 2.62. The molecule has 0 spiro atoms. The number of fused-ring (bicyclic) bond motifs is 1. The van der Waals surface area contributed by atoms with Crippen molar-refractivity contribution in [1.29, 1.82) is 0 Å². The first-order valence-electron chi connectivity index (χ1n) is 10.8. The van der Waals surface area contributed by atoms with Crippen LogP contribution in [0.1, 0.15) is 78.7 Å². The predicted molar refractivity (Wildman–Crippen MR) is 139 cm³/mol. The van der Waals surface area contributed by atoms with Crippen LogP contribution < -0.4 is 5.43 Å². The highest BCUT2D eigenvalue weighted by Crippen LogP contribution is 2.43. The summed E-state index contributed by atoms with van der Waals surface area (Å²) in [4.78, 5) is 25.8. The molecule has 8 heteroatoms. The van der Waals surface area contributed by atoms with E-state index in [1.807, 2.05) is 41.0 Å². The first-order chi connectivity index (χ1) is 14.5. The predicted octanol–water partition coefficient (Wildman–Crippen LogP) is 5.61. The SMILES string of the molecule is CCOC(=O)c1cn([C@@H](C(C)(C)C)C(C)(C)O[SiH2]C(C)(C)C)c2cc(F)c(I)cc2c1=O. The lowest BCUT2D eigenvalue weighted by molar-refractivity contribution is -0.00151. The molecule has 0 bridgehead atoms. The number of carbonyl (C=O) groups is 1. The molecule has 0 aliphatic heterocycles. The van der Waals surface area contributed by atoms with Gasteiger partial charge in [-0.25, -0.2) is 9.18 Å². The van der Waals surface area contributed by atoms with E-state index in [1.54, 1.807) is 6.92 Å². The van der Waals surface area contributed by atoms with E-state index in [0.717, 1.165) is 0 Å². The molecule has 1 aromatic carbocycles. The lowest BCUT2D eigenvalue weighted by Gasteiger charge is -2.46. The summed E-state index contributed by atoms with van der Waals surface area (Å²) in [6.45, 7) is 18.6. The van der Waals surface area contributed by atoms with Gasteiger partial charge in [0.15, 0.2) is 9.76 Å². The third-order valence-corrected chi connectivity index (χ3v) is 7.78. The van der Waals surface area contributed by atoms with Crippen LogP contribution in [0.2, 0.25) is 5.04 Å². The molecule has 0 aliphatic rings. The van der Waals surface area contributed by atoms with E-state index in [1.165, 1.54) is 18.3 Å². The lowest BCUT2D eigenvalue weighted by Crippen LogP contribution is -2.46. The summed E-state index contributed by atoms with van der Waals surface area (Å²) in [6, 6.07) is 2.59.